The van der Waals surface area contributed by atoms with Crippen molar-refractivity contribution in [3.8, 4) is 5.75 Å². The lowest BCUT2D eigenvalue weighted by Crippen LogP contribution is -2.28. The van der Waals surface area contributed by atoms with Crippen molar-refractivity contribution in [1.82, 2.24) is 0 Å². The van der Waals surface area contributed by atoms with Gasteiger partial charge in [-0.3, -0.25) is 0 Å². The van der Waals surface area contributed by atoms with Crippen molar-refractivity contribution < 1.29 is 9.84 Å². The lowest BCUT2D eigenvalue weighted by molar-refractivity contribution is 0.0280. The molecule has 0 aliphatic carbocycles. The molecule has 3 N–H and O–H groups in total. The van der Waals surface area contributed by atoms with Crippen molar-refractivity contribution in [3.63, 3.8) is 0 Å². The Balaban J connectivity index is 2.76. The third kappa shape index (κ3) is 3.90. The van der Waals surface area contributed by atoms with Crippen molar-refractivity contribution in [1.29, 1.82) is 0 Å². The number of nitrogens with two attached hydrogens (primary N) is 1. The average molecular weight is 209 g/mol. The Morgan fingerprint density at radius 1 is 1.40 bits per heavy atom. The number of aliphatic hydroxyl groups is 1. The van der Waals surface area contributed by atoms with Crippen LogP contribution in [-0.2, 0) is 0 Å². The summed E-state index contributed by atoms with van der Waals surface area (Å²) in [4.78, 5) is 0. The minimum absolute atomic E-state index is 0.0667. The first-order chi connectivity index (χ1) is 6.90. The highest BCUT2D eigenvalue weighted by atomic mass is 16.5. The highest BCUT2D eigenvalue weighted by molar-refractivity contribution is 5.35. The Morgan fingerprint density at radius 2 is 2.00 bits per heavy atom. The molecule has 0 aliphatic rings. The van der Waals surface area contributed by atoms with E-state index in [0.717, 1.165) is 11.3 Å². The van der Waals surface area contributed by atoms with Gasteiger partial charge < -0.3 is 15.6 Å². The van der Waals surface area contributed by atoms with Crippen LogP contribution in [0.5, 0.6) is 5.75 Å². The molecule has 0 saturated carbocycles. The fourth-order valence-corrected chi connectivity index (χ4v) is 1.24. The van der Waals surface area contributed by atoms with Gasteiger partial charge in [0.2, 0.25) is 0 Å². The van der Waals surface area contributed by atoms with Gasteiger partial charge in [0.15, 0.2) is 0 Å². The molecule has 0 bridgehead atoms. The second kappa shape index (κ2) is 4.64. The lowest BCUT2D eigenvalue weighted by atomic mass is 10.1. The summed E-state index contributed by atoms with van der Waals surface area (Å²) in [7, 11) is 0. The second-order valence-corrected chi connectivity index (χ2v) is 4.43. The van der Waals surface area contributed by atoms with E-state index in [9.17, 15) is 5.11 Å². The summed E-state index contributed by atoms with van der Waals surface area (Å²) >= 11 is 0. The minimum atomic E-state index is -0.828. The molecule has 0 heterocycles. The van der Waals surface area contributed by atoms with Crippen LogP contribution in [0.2, 0.25) is 0 Å². The summed E-state index contributed by atoms with van der Waals surface area (Å²) < 4.78 is 5.53. The second-order valence-electron chi connectivity index (χ2n) is 4.43. The van der Waals surface area contributed by atoms with Crippen LogP contribution < -0.4 is 10.5 Å². The third-order valence-electron chi connectivity index (χ3n) is 1.99. The van der Waals surface area contributed by atoms with E-state index in [1.165, 1.54) is 0 Å². The summed E-state index contributed by atoms with van der Waals surface area (Å²) in [5.74, 6) is 0.745. The fraction of sp³-hybridized carbons (Fsp3) is 0.500. The summed E-state index contributed by atoms with van der Waals surface area (Å²) in [6.45, 7) is 5.59. The smallest absolute Gasteiger partial charge is 0.124 e. The molecule has 3 nitrogen and oxygen atoms in total. The van der Waals surface area contributed by atoms with Gasteiger partial charge in [-0.1, -0.05) is 18.2 Å². The Hall–Kier alpha value is -1.06. The van der Waals surface area contributed by atoms with E-state index in [1.807, 2.05) is 31.2 Å². The predicted molar refractivity (Wildman–Crippen MR) is 60.8 cm³/mol. The van der Waals surface area contributed by atoms with E-state index in [4.69, 9.17) is 10.5 Å². The molecule has 3 heteroatoms. The molecule has 0 spiro atoms. The Kier molecular flexibility index (Phi) is 3.72. The quantitative estimate of drug-likeness (QED) is 0.795. The van der Waals surface area contributed by atoms with Crippen molar-refractivity contribution in [2.75, 3.05) is 6.61 Å². The molecule has 1 unspecified atom stereocenters. The standard InChI is InChI=1S/C12H19NO2/c1-9(13)10-6-4-5-7-11(10)15-8-12(2,3)14/h4-7,9,14H,8,13H2,1-3H3. The van der Waals surface area contributed by atoms with Crippen LogP contribution in [0.3, 0.4) is 0 Å². The molecule has 15 heavy (non-hydrogen) atoms. The van der Waals surface area contributed by atoms with Crippen LogP contribution in [0.25, 0.3) is 0 Å². The monoisotopic (exact) mass is 209 g/mol. The van der Waals surface area contributed by atoms with Crippen molar-refractivity contribution >= 4 is 0 Å². The zero-order chi connectivity index (χ0) is 11.5. The molecular weight excluding hydrogens is 190 g/mol. The van der Waals surface area contributed by atoms with E-state index in [0.29, 0.717) is 0 Å². The van der Waals surface area contributed by atoms with Gasteiger partial charge in [-0.15, -0.1) is 0 Å². The van der Waals surface area contributed by atoms with Crippen LogP contribution in [0.4, 0.5) is 0 Å². The highest BCUT2D eigenvalue weighted by Crippen LogP contribution is 2.23. The zero-order valence-corrected chi connectivity index (χ0v) is 9.53. The number of hydrogen-bond donors (Lipinski definition) is 2. The van der Waals surface area contributed by atoms with Crippen molar-refractivity contribution in [3.05, 3.63) is 29.8 Å². The Labute approximate surface area is 90.9 Å². The first-order valence-electron chi connectivity index (χ1n) is 5.10. The molecule has 0 amide bonds. The maximum Gasteiger partial charge on any atom is 0.124 e. The number of benzene rings is 1. The van der Waals surface area contributed by atoms with Crippen LogP contribution >= 0.6 is 0 Å². The number of rotatable bonds is 4. The maximum absolute atomic E-state index is 9.55. The molecule has 0 aliphatic heterocycles. The Bertz CT molecular complexity index is 316. The molecule has 1 aromatic carbocycles. The molecule has 0 fully saturated rings. The summed E-state index contributed by atoms with van der Waals surface area (Å²) in [6.07, 6.45) is 0. The highest BCUT2D eigenvalue weighted by Gasteiger charge is 2.15. The SMILES string of the molecule is CC(N)c1ccccc1OCC(C)(C)O. The molecule has 1 aromatic rings. The van der Waals surface area contributed by atoms with Crippen molar-refractivity contribution in [2.24, 2.45) is 5.73 Å². The molecule has 1 rings (SSSR count). The molecule has 0 radical (unpaired) electrons. The zero-order valence-electron chi connectivity index (χ0n) is 9.53. The summed E-state index contributed by atoms with van der Waals surface area (Å²) in [5, 5.41) is 9.55. The van der Waals surface area contributed by atoms with Crippen molar-refractivity contribution in [2.45, 2.75) is 32.4 Å². The van der Waals surface area contributed by atoms with E-state index >= 15 is 0 Å². The normalized spacial score (nSPS) is 13.7. The first-order valence-corrected chi connectivity index (χ1v) is 5.10. The summed E-state index contributed by atoms with van der Waals surface area (Å²) in [5.41, 5.74) is 5.94. The number of ether oxygens (including phenoxy) is 1. The van der Waals surface area contributed by atoms with Crippen LogP contribution in [0.15, 0.2) is 24.3 Å². The summed E-state index contributed by atoms with van der Waals surface area (Å²) in [6, 6.07) is 7.55. The average Bonchev–Trinajstić information content (AvgIpc) is 2.14. The third-order valence-corrected chi connectivity index (χ3v) is 1.99. The van der Waals surface area contributed by atoms with E-state index < -0.39 is 5.60 Å². The van der Waals surface area contributed by atoms with Gasteiger partial charge >= 0.3 is 0 Å². The topological polar surface area (TPSA) is 55.5 Å². The number of para-hydroxylation sites is 1. The van der Waals surface area contributed by atoms with Gasteiger partial charge in [0.25, 0.3) is 0 Å². The minimum Gasteiger partial charge on any atom is -0.490 e. The largest absolute Gasteiger partial charge is 0.490 e. The van der Waals surface area contributed by atoms with Gasteiger partial charge in [-0.2, -0.15) is 0 Å². The molecule has 84 valence electrons. The van der Waals surface area contributed by atoms with Crippen LogP contribution in [0, 0.1) is 0 Å². The van der Waals surface area contributed by atoms with Gasteiger partial charge in [-0.05, 0) is 26.8 Å². The predicted octanol–water partition coefficient (Wildman–Crippen LogP) is 1.86. The first kappa shape index (κ1) is 12.0. The maximum atomic E-state index is 9.55. The van der Waals surface area contributed by atoms with Gasteiger partial charge in [0.05, 0.1) is 5.60 Å². The fourth-order valence-electron chi connectivity index (χ4n) is 1.24. The van der Waals surface area contributed by atoms with Crippen LogP contribution in [0.1, 0.15) is 32.4 Å². The molecular formula is C12H19NO2. The lowest BCUT2D eigenvalue weighted by Gasteiger charge is -2.20. The van der Waals surface area contributed by atoms with Gasteiger partial charge in [0, 0.05) is 11.6 Å². The van der Waals surface area contributed by atoms with Gasteiger partial charge in [0.1, 0.15) is 12.4 Å². The van der Waals surface area contributed by atoms with E-state index in [2.05, 4.69) is 0 Å². The number of hydrogen-bond acceptors (Lipinski definition) is 3. The van der Waals surface area contributed by atoms with Crippen LogP contribution in [-0.4, -0.2) is 17.3 Å². The van der Waals surface area contributed by atoms with E-state index in [-0.39, 0.29) is 12.6 Å². The molecule has 1 atom stereocenters. The molecule has 0 aromatic heterocycles. The molecule has 0 saturated heterocycles. The van der Waals surface area contributed by atoms with E-state index in [1.54, 1.807) is 13.8 Å². The van der Waals surface area contributed by atoms with Gasteiger partial charge in [-0.25, -0.2) is 0 Å². The Morgan fingerprint density at radius 3 is 2.53 bits per heavy atom.